The molecule has 2 heterocycles. The summed E-state index contributed by atoms with van der Waals surface area (Å²) in [5, 5.41) is 10.7. The van der Waals surface area contributed by atoms with Crippen LogP contribution in [0.2, 0.25) is 0 Å². The van der Waals surface area contributed by atoms with E-state index in [4.69, 9.17) is 9.97 Å². The summed E-state index contributed by atoms with van der Waals surface area (Å²) in [5.74, 6) is 1.68. The zero-order chi connectivity index (χ0) is 35.7. The molecule has 6 aromatic rings. The molecule has 0 radical (unpaired) electrons. The second-order valence-corrected chi connectivity index (χ2v) is 15.0. The standard InChI is InChI=1S/C46H48N3O.Pt/c1-29(2)35-24-36(30(3)4)27-39(26-35)49(38-15-12-14-33(25-38)40-16-10-11-18-43(40)50)44-19-13-17-41(48-44)42-28-34(20-21-47-42)45-31(5)22-37(23-32(45)6)46(7,8)9;/h10-24,26-30,50H,1-9H3;/q-1;. The van der Waals surface area contributed by atoms with E-state index >= 15 is 0 Å². The Morgan fingerprint density at radius 3 is 1.98 bits per heavy atom. The van der Waals surface area contributed by atoms with Gasteiger partial charge in [0.1, 0.15) is 5.82 Å². The first-order valence-corrected chi connectivity index (χ1v) is 17.6. The monoisotopic (exact) mass is 853 g/mol. The maximum Gasteiger partial charge on any atom is 0.136 e. The SMILES string of the molecule is Cc1cc(C(C)(C)C)cc(C)c1-c1ccnc(-c2cccc(N(c3[c-]c(-c4ccccc4O)ccc3)c3cc(C(C)C)cc(C(C)C)c3)n2)c1.[Pt]. The van der Waals surface area contributed by atoms with E-state index in [1.54, 1.807) is 6.07 Å². The van der Waals surface area contributed by atoms with Crippen molar-refractivity contribution in [1.29, 1.82) is 0 Å². The molecule has 2 aromatic heterocycles. The van der Waals surface area contributed by atoms with Crippen molar-refractivity contribution in [3.05, 3.63) is 143 Å². The fourth-order valence-electron chi connectivity index (χ4n) is 6.56. The number of aromatic nitrogens is 2. The van der Waals surface area contributed by atoms with Crippen molar-refractivity contribution in [3.8, 4) is 39.4 Å². The van der Waals surface area contributed by atoms with E-state index in [1.807, 2.05) is 48.7 Å². The number of nitrogens with zero attached hydrogens (tertiary/aromatic N) is 3. The van der Waals surface area contributed by atoms with E-state index in [0.717, 1.165) is 45.3 Å². The summed E-state index contributed by atoms with van der Waals surface area (Å²) >= 11 is 0. The van der Waals surface area contributed by atoms with Crippen LogP contribution in [0, 0.1) is 19.9 Å². The predicted octanol–water partition coefficient (Wildman–Crippen LogP) is 12.6. The first kappa shape index (κ1) is 37.7. The average molecular weight is 854 g/mol. The number of phenolic OH excluding ortho intramolecular Hbond substituents is 1. The van der Waals surface area contributed by atoms with Crippen LogP contribution in [-0.4, -0.2) is 15.1 Å². The molecule has 0 saturated carbocycles. The number of pyridine rings is 2. The quantitative estimate of drug-likeness (QED) is 0.155. The average Bonchev–Trinajstić information content (AvgIpc) is 3.08. The van der Waals surface area contributed by atoms with Crippen LogP contribution in [0.1, 0.15) is 88.1 Å². The van der Waals surface area contributed by atoms with Crippen molar-refractivity contribution >= 4 is 17.2 Å². The molecular weight excluding hydrogens is 806 g/mol. The largest absolute Gasteiger partial charge is 0.517 e. The van der Waals surface area contributed by atoms with Crippen LogP contribution in [0.4, 0.5) is 17.2 Å². The van der Waals surface area contributed by atoms with Crippen molar-refractivity contribution in [2.45, 2.75) is 79.6 Å². The fraction of sp³-hybridized carbons (Fsp3) is 0.261. The van der Waals surface area contributed by atoms with Gasteiger partial charge in [0.05, 0.1) is 17.1 Å². The molecule has 5 heteroatoms. The molecular formula is C46H48N3OPt-. The van der Waals surface area contributed by atoms with Gasteiger partial charge in [-0.1, -0.05) is 96.5 Å². The van der Waals surface area contributed by atoms with Gasteiger partial charge < -0.3 is 10.0 Å². The molecule has 1 N–H and O–H groups in total. The second kappa shape index (κ2) is 15.4. The van der Waals surface area contributed by atoms with Crippen LogP contribution in [0.3, 0.4) is 0 Å². The van der Waals surface area contributed by atoms with Crippen LogP contribution in [0.5, 0.6) is 5.75 Å². The predicted molar refractivity (Wildman–Crippen MR) is 210 cm³/mol. The van der Waals surface area contributed by atoms with Gasteiger partial charge in [0, 0.05) is 32.9 Å². The molecule has 0 bridgehead atoms. The van der Waals surface area contributed by atoms with Crippen LogP contribution in [0.25, 0.3) is 33.6 Å². The summed E-state index contributed by atoms with van der Waals surface area (Å²) in [5.41, 5.74) is 13.8. The van der Waals surface area contributed by atoms with E-state index in [9.17, 15) is 5.11 Å². The topological polar surface area (TPSA) is 49.2 Å². The van der Waals surface area contributed by atoms with Crippen molar-refractivity contribution in [3.63, 3.8) is 0 Å². The molecule has 4 aromatic carbocycles. The van der Waals surface area contributed by atoms with Crippen molar-refractivity contribution in [1.82, 2.24) is 9.97 Å². The normalized spacial score (nSPS) is 11.5. The molecule has 0 fully saturated rings. The Labute approximate surface area is 318 Å². The molecule has 0 spiro atoms. The molecule has 6 rings (SSSR count). The molecule has 0 unspecified atom stereocenters. The minimum atomic E-state index is 0. The molecule has 264 valence electrons. The minimum absolute atomic E-state index is 0. The van der Waals surface area contributed by atoms with Crippen LogP contribution < -0.4 is 4.90 Å². The first-order chi connectivity index (χ1) is 23.8. The van der Waals surface area contributed by atoms with Crippen molar-refractivity contribution < 1.29 is 26.2 Å². The van der Waals surface area contributed by atoms with Crippen LogP contribution in [-0.2, 0) is 26.5 Å². The van der Waals surface area contributed by atoms with Gasteiger partial charge in [-0.2, -0.15) is 0 Å². The molecule has 0 aliphatic heterocycles. The first-order valence-electron chi connectivity index (χ1n) is 17.6. The Bertz CT molecular complexity index is 2110. The Morgan fingerprint density at radius 2 is 1.35 bits per heavy atom. The summed E-state index contributed by atoms with van der Waals surface area (Å²) < 4.78 is 0. The third-order valence-corrected chi connectivity index (χ3v) is 9.44. The molecule has 0 aliphatic carbocycles. The number of para-hydroxylation sites is 1. The summed E-state index contributed by atoms with van der Waals surface area (Å²) in [6.07, 6.45) is 1.89. The van der Waals surface area contributed by atoms with Crippen molar-refractivity contribution in [2.75, 3.05) is 4.90 Å². The van der Waals surface area contributed by atoms with E-state index in [1.165, 1.54) is 33.4 Å². The zero-order valence-electron chi connectivity index (χ0n) is 31.2. The third kappa shape index (κ3) is 8.18. The van der Waals surface area contributed by atoms with Crippen molar-refractivity contribution in [2.24, 2.45) is 0 Å². The number of hydrogen-bond donors (Lipinski definition) is 1. The fourth-order valence-corrected chi connectivity index (χ4v) is 6.56. The van der Waals surface area contributed by atoms with E-state index in [-0.39, 0.29) is 32.2 Å². The third-order valence-electron chi connectivity index (χ3n) is 9.44. The summed E-state index contributed by atoms with van der Waals surface area (Å²) in [6.45, 7) is 20.1. The number of benzene rings is 4. The smallest absolute Gasteiger partial charge is 0.136 e. The Balaban J connectivity index is 0.00000504. The van der Waals surface area contributed by atoms with Gasteiger partial charge in [-0.3, -0.25) is 4.98 Å². The number of hydrogen-bond acceptors (Lipinski definition) is 4. The molecule has 0 saturated heterocycles. The van der Waals surface area contributed by atoms with E-state index < -0.39 is 0 Å². The van der Waals surface area contributed by atoms with E-state index in [2.05, 4.69) is 128 Å². The number of anilines is 3. The Morgan fingerprint density at radius 1 is 0.706 bits per heavy atom. The maximum absolute atomic E-state index is 10.7. The second-order valence-electron chi connectivity index (χ2n) is 15.0. The van der Waals surface area contributed by atoms with Gasteiger partial charge in [-0.05, 0) is 118 Å². The summed E-state index contributed by atoms with van der Waals surface area (Å²) in [7, 11) is 0. The van der Waals surface area contributed by atoms with Crippen LogP contribution >= 0.6 is 0 Å². The molecule has 4 nitrogen and oxygen atoms in total. The van der Waals surface area contributed by atoms with Gasteiger partial charge in [-0.15, -0.1) is 29.8 Å². The Kier molecular flexibility index (Phi) is 11.4. The van der Waals surface area contributed by atoms with Gasteiger partial charge >= 0.3 is 0 Å². The molecule has 51 heavy (non-hydrogen) atoms. The zero-order valence-corrected chi connectivity index (χ0v) is 33.4. The molecule has 0 amide bonds. The van der Waals surface area contributed by atoms with Gasteiger partial charge in [-0.25, -0.2) is 4.98 Å². The number of phenols is 1. The molecule has 0 atom stereocenters. The summed E-state index contributed by atoms with van der Waals surface area (Å²) in [4.78, 5) is 12.3. The van der Waals surface area contributed by atoms with Gasteiger partial charge in [0.2, 0.25) is 0 Å². The summed E-state index contributed by atoms with van der Waals surface area (Å²) in [6, 6.07) is 38.9. The minimum Gasteiger partial charge on any atom is -0.517 e. The molecule has 0 aliphatic rings. The van der Waals surface area contributed by atoms with Gasteiger partial charge in [0.25, 0.3) is 0 Å². The maximum atomic E-state index is 10.7. The number of aromatic hydroxyl groups is 1. The number of rotatable bonds is 8. The van der Waals surface area contributed by atoms with Gasteiger partial charge in [0.15, 0.2) is 0 Å². The number of aryl methyl sites for hydroxylation is 2. The van der Waals surface area contributed by atoms with E-state index in [0.29, 0.717) is 11.8 Å². The van der Waals surface area contributed by atoms with Crippen LogP contribution in [0.15, 0.2) is 109 Å². The Hall–Kier alpha value is -4.53.